The Balaban J connectivity index is 1.39. The number of nitrogens with zero attached hydrogens (tertiary/aromatic N) is 2. The monoisotopic (exact) mass is 420 g/mol. The summed E-state index contributed by atoms with van der Waals surface area (Å²) in [6.45, 7) is 1.98. The summed E-state index contributed by atoms with van der Waals surface area (Å²) in [7, 11) is 0. The number of rotatable bonds is 3. The second-order valence-corrected chi connectivity index (χ2v) is 9.60. The maximum absolute atomic E-state index is 13.0. The van der Waals surface area contributed by atoms with Crippen LogP contribution in [0, 0.1) is 5.92 Å². The van der Waals surface area contributed by atoms with Crippen LogP contribution in [0.3, 0.4) is 0 Å². The van der Waals surface area contributed by atoms with Crippen LogP contribution >= 0.6 is 34.7 Å². The largest absolute Gasteiger partial charge is 0.342 e. The van der Waals surface area contributed by atoms with Crippen LogP contribution in [0.25, 0.3) is 0 Å². The molecule has 0 radical (unpaired) electrons. The molecule has 2 amide bonds. The number of benzene rings is 1. The van der Waals surface area contributed by atoms with Crippen LogP contribution in [0.5, 0.6) is 0 Å². The van der Waals surface area contributed by atoms with Gasteiger partial charge in [0, 0.05) is 52.6 Å². The molecule has 27 heavy (non-hydrogen) atoms. The number of halogens is 1. The fourth-order valence-electron chi connectivity index (χ4n) is 3.69. The van der Waals surface area contributed by atoms with Crippen LogP contribution in [-0.2, 0) is 9.59 Å². The summed E-state index contributed by atoms with van der Waals surface area (Å²) in [5.41, 5.74) is 0.809. The fraction of sp³-hybridized carbons (Fsp3) is 0.400. The summed E-state index contributed by atoms with van der Waals surface area (Å²) in [5, 5.41) is 3.22. The van der Waals surface area contributed by atoms with E-state index >= 15 is 0 Å². The lowest BCUT2D eigenvalue weighted by molar-refractivity contribution is -0.135. The predicted molar refractivity (Wildman–Crippen MR) is 113 cm³/mol. The third-order valence-corrected chi connectivity index (χ3v) is 7.82. The fourth-order valence-corrected chi connectivity index (χ4v) is 6.06. The van der Waals surface area contributed by atoms with Gasteiger partial charge in [0.25, 0.3) is 0 Å². The molecule has 2 atom stereocenters. The molecule has 0 saturated carbocycles. The van der Waals surface area contributed by atoms with Gasteiger partial charge in [0.05, 0.1) is 5.92 Å². The highest BCUT2D eigenvalue weighted by atomic mass is 35.5. The molecule has 2 unspecified atom stereocenters. The average Bonchev–Trinajstić information content (AvgIpc) is 3.27. The standard InChI is InChI=1S/C20H21ClN2O2S2/c21-15-3-5-16(6-4-15)23-13-14(12-19(23)24)20(25)22-8-7-18(27-11-9-22)17-2-1-10-26-17/h1-6,10,14,18H,7-9,11-13H2. The summed E-state index contributed by atoms with van der Waals surface area (Å²) >= 11 is 9.65. The van der Waals surface area contributed by atoms with E-state index in [1.807, 2.05) is 28.8 Å². The number of thioether (sulfide) groups is 1. The molecule has 7 heteroatoms. The maximum atomic E-state index is 13.0. The molecule has 4 rings (SSSR count). The van der Waals surface area contributed by atoms with Gasteiger partial charge in [0.1, 0.15) is 0 Å². The summed E-state index contributed by atoms with van der Waals surface area (Å²) < 4.78 is 0. The molecule has 0 N–H and O–H groups in total. The first-order chi connectivity index (χ1) is 13.1. The van der Waals surface area contributed by atoms with Crippen LogP contribution < -0.4 is 4.90 Å². The second kappa shape index (κ2) is 8.25. The number of carbonyl (C=O) groups excluding carboxylic acids is 2. The van der Waals surface area contributed by atoms with Crippen molar-refractivity contribution in [2.45, 2.75) is 18.1 Å². The minimum absolute atomic E-state index is 0.0105. The predicted octanol–water partition coefficient (Wildman–Crippen LogP) is 4.46. The number of hydrogen-bond acceptors (Lipinski definition) is 4. The number of anilines is 1. The van der Waals surface area contributed by atoms with Gasteiger partial charge in [-0.05, 0) is 42.1 Å². The SMILES string of the molecule is O=C(C1CC(=O)N(c2ccc(Cl)cc2)C1)N1CCSC(c2cccs2)CC1. The summed E-state index contributed by atoms with van der Waals surface area (Å²) in [6.07, 6.45) is 1.26. The topological polar surface area (TPSA) is 40.6 Å². The summed E-state index contributed by atoms with van der Waals surface area (Å²) in [6, 6.07) is 11.5. The van der Waals surface area contributed by atoms with Gasteiger partial charge in [0.15, 0.2) is 0 Å². The first-order valence-electron chi connectivity index (χ1n) is 9.11. The highest BCUT2D eigenvalue weighted by Crippen LogP contribution is 2.37. The molecule has 1 aromatic heterocycles. The third-order valence-electron chi connectivity index (χ3n) is 5.13. The van der Waals surface area contributed by atoms with E-state index in [-0.39, 0.29) is 17.7 Å². The van der Waals surface area contributed by atoms with Crippen molar-refractivity contribution >= 4 is 52.2 Å². The molecule has 1 aromatic carbocycles. The van der Waals surface area contributed by atoms with E-state index in [0.717, 1.165) is 31.0 Å². The van der Waals surface area contributed by atoms with Gasteiger partial charge in [-0.15, -0.1) is 11.3 Å². The Labute approximate surface area is 172 Å². The summed E-state index contributed by atoms with van der Waals surface area (Å²) in [5.74, 6) is 0.815. The van der Waals surface area contributed by atoms with Crippen molar-refractivity contribution in [1.82, 2.24) is 4.90 Å². The van der Waals surface area contributed by atoms with Crippen LogP contribution in [0.2, 0.25) is 5.02 Å². The van der Waals surface area contributed by atoms with Crippen LogP contribution in [-0.4, -0.2) is 42.1 Å². The van der Waals surface area contributed by atoms with Crippen LogP contribution in [0.4, 0.5) is 5.69 Å². The Morgan fingerprint density at radius 3 is 2.70 bits per heavy atom. The van der Waals surface area contributed by atoms with Gasteiger partial charge in [-0.2, -0.15) is 11.8 Å². The Morgan fingerprint density at radius 1 is 1.15 bits per heavy atom. The van der Waals surface area contributed by atoms with E-state index < -0.39 is 0 Å². The first-order valence-corrected chi connectivity index (χ1v) is 11.4. The van der Waals surface area contributed by atoms with Crippen molar-refractivity contribution in [2.75, 3.05) is 30.3 Å². The van der Waals surface area contributed by atoms with Gasteiger partial charge >= 0.3 is 0 Å². The second-order valence-electron chi connectivity index (χ2n) is 6.87. The van der Waals surface area contributed by atoms with Crippen molar-refractivity contribution in [1.29, 1.82) is 0 Å². The molecule has 0 bridgehead atoms. The normalized spacial score (nSPS) is 23.5. The molecule has 2 saturated heterocycles. The van der Waals surface area contributed by atoms with E-state index in [4.69, 9.17) is 11.6 Å². The Morgan fingerprint density at radius 2 is 1.96 bits per heavy atom. The molecule has 3 heterocycles. The zero-order chi connectivity index (χ0) is 18.8. The van der Waals surface area contributed by atoms with E-state index in [1.165, 1.54) is 4.88 Å². The Hall–Kier alpha value is -1.50. The van der Waals surface area contributed by atoms with Crippen LogP contribution in [0.15, 0.2) is 41.8 Å². The molecule has 2 aliphatic heterocycles. The van der Waals surface area contributed by atoms with Crippen molar-refractivity contribution in [3.8, 4) is 0 Å². The zero-order valence-electron chi connectivity index (χ0n) is 14.8. The van der Waals surface area contributed by atoms with Crippen molar-refractivity contribution in [2.24, 2.45) is 5.92 Å². The smallest absolute Gasteiger partial charge is 0.228 e. The lowest BCUT2D eigenvalue weighted by Crippen LogP contribution is -2.38. The van der Waals surface area contributed by atoms with Crippen LogP contribution in [0.1, 0.15) is 23.0 Å². The number of carbonyl (C=O) groups is 2. The molecular formula is C20H21ClN2O2S2. The zero-order valence-corrected chi connectivity index (χ0v) is 17.2. The van der Waals surface area contributed by atoms with Gasteiger partial charge in [-0.25, -0.2) is 0 Å². The molecule has 2 fully saturated rings. The van der Waals surface area contributed by atoms with E-state index in [2.05, 4.69) is 17.5 Å². The summed E-state index contributed by atoms with van der Waals surface area (Å²) in [4.78, 5) is 30.6. The van der Waals surface area contributed by atoms with Gasteiger partial charge in [-0.3, -0.25) is 9.59 Å². The molecule has 2 aromatic rings. The Kier molecular flexibility index (Phi) is 5.76. The van der Waals surface area contributed by atoms with Crippen molar-refractivity contribution < 1.29 is 9.59 Å². The number of amides is 2. The van der Waals surface area contributed by atoms with Crippen molar-refractivity contribution in [3.05, 3.63) is 51.7 Å². The minimum Gasteiger partial charge on any atom is -0.342 e. The number of hydrogen-bond donors (Lipinski definition) is 0. The highest BCUT2D eigenvalue weighted by molar-refractivity contribution is 7.99. The van der Waals surface area contributed by atoms with E-state index in [1.54, 1.807) is 28.4 Å². The molecule has 0 spiro atoms. The van der Waals surface area contributed by atoms with E-state index in [0.29, 0.717) is 23.2 Å². The lowest BCUT2D eigenvalue weighted by Gasteiger charge is -2.24. The van der Waals surface area contributed by atoms with Gasteiger partial charge in [0.2, 0.25) is 11.8 Å². The first kappa shape index (κ1) is 18.8. The average molecular weight is 421 g/mol. The molecule has 2 aliphatic rings. The van der Waals surface area contributed by atoms with E-state index in [9.17, 15) is 9.59 Å². The minimum atomic E-state index is -0.253. The molecule has 4 nitrogen and oxygen atoms in total. The lowest BCUT2D eigenvalue weighted by atomic mass is 10.1. The molecular weight excluding hydrogens is 400 g/mol. The third kappa shape index (κ3) is 4.18. The highest BCUT2D eigenvalue weighted by Gasteiger charge is 2.37. The maximum Gasteiger partial charge on any atom is 0.228 e. The molecule has 0 aliphatic carbocycles. The van der Waals surface area contributed by atoms with Crippen molar-refractivity contribution in [3.63, 3.8) is 0 Å². The number of thiophene rings is 1. The Bertz CT molecular complexity index is 810. The van der Waals surface area contributed by atoms with Gasteiger partial charge in [-0.1, -0.05) is 17.7 Å². The molecule has 142 valence electrons. The van der Waals surface area contributed by atoms with Gasteiger partial charge < -0.3 is 9.80 Å². The quantitative estimate of drug-likeness (QED) is 0.735.